The van der Waals surface area contributed by atoms with Gasteiger partial charge in [-0.3, -0.25) is 0 Å². The molecule has 0 unspecified atom stereocenters. The normalized spacial score (nSPS) is 10.6. The molecular formula is C14H14F3N3OS. The number of urea groups is 1. The lowest BCUT2D eigenvalue weighted by atomic mass is 10.2. The third kappa shape index (κ3) is 3.76. The summed E-state index contributed by atoms with van der Waals surface area (Å²) in [4.78, 5) is 18.2. The van der Waals surface area contributed by atoms with Gasteiger partial charge in [-0.15, -0.1) is 11.3 Å². The predicted molar refractivity (Wildman–Crippen MR) is 76.9 cm³/mol. The van der Waals surface area contributed by atoms with Crippen molar-refractivity contribution in [3.05, 3.63) is 51.2 Å². The molecule has 0 saturated heterocycles. The molecule has 0 aliphatic heterocycles. The molecule has 1 N–H and O–H groups in total. The summed E-state index contributed by atoms with van der Waals surface area (Å²) in [6, 6.07) is 1.34. The second-order valence-electron chi connectivity index (χ2n) is 4.75. The minimum atomic E-state index is -1.52. The van der Waals surface area contributed by atoms with E-state index in [9.17, 15) is 18.0 Å². The number of halogens is 3. The molecule has 2 rings (SSSR count). The van der Waals surface area contributed by atoms with Crippen molar-refractivity contribution >= 4 is 17.4 Å². The Morgan fingerprint density at radius 1 is 1.32 bits per heavy atom. The van der Waals surface area contributed by atoms with Crippen molar-refractivity contribution in [1.82, 2.24) is 15.2 Å². The highest BCUT2D eigenvalue weighted by Gasteiger charge is 2.14. The summed E-state index contributed by atoms with van der Waals surface area (Å²) in [5.74, 6) is -4.07. The topological polar surface area (TPSA) is 45.2 Å². The average Bonchev–Trinajstić information content (AvgIpc) is 2.87. The molecule has 0 bridgehead atoms. The number of amides is 2. The van der Waals surface area contributed by atoms with Crippen LogP contribution in [0.5, 0.6) is 0 Å². The smallest absolute Gasteiger partial charge is 0.317 e. The number of nitrogens with zero attached hydrogens (tertiary/aromatic N) is 2. The molecule has 2 aromatic rings. The van der Waals surface area contributed by atoms with Gasteiger partial charge in [0.2, 0.25) is 0 Å². The summed E-state index contributed by atoms with van der Waals surface area (Å²) in [6.07, 6.45) is 0. The van der Waals surface area contributed by atoms with Crippen molar-refractivity contribution in [3.8, 4) is 0 Å². The van der Waals surface area contributed by atoms with Crippen LogP contribution in [0.15, 0.2) is 17.6 Å². The minimum Gasteiger partial charge on any atom is -0.333 e. The van der Waals surface area contributed by atoms with E-state index in [0.29, 0.717) is 6.54 Å². The lowest BCUT2D eigenvalue weighted by Gasteiger charge is -2.18. The number of hydrogen-bond donors (Lipinski definition) is 1. The first kappa shape index (κ1) is 16.3. The number of carbonyl (C=O) groups excluding carboxylic acids is 1. The first-order chi connectivity index (χ1) is 10.4. The van der Waals surface area contributed by atoms with E-state index in [-0.39, 0.29) is 12.1 Å². The van der Waals surface area contributed by atoms with Crippen LogP contribution in [-0.2, 0) is 13.1 Å². The minimum absolute atomic E-state index is 0.0401. The van der Waals surface area contributed by atoms with E-state index < -0.39 is 23.5 Å². The molecule has 0 saturated carbocycles. The summed E-state index contributed by atoms with van der Waals surface area (Å²) < 4.78 is 39.1. The molecule has 0 aliphatic rings. The molecule has 0 atom stereocenters. The van der Waals surface area contributed by atoms with Crippen molar-refractivity contribution < 1.29 is 18.0 Å². The molecule has 1 heterocycles. The van der Waals surface area contributed by atoms with Crippen molar-refractivity contribution in [2.45, 2.75) is 20.0 Å². The third-order valence-corrected chi connectivity index (χ3v) is 3.99. The quantitative estimate of drug-likeness (QED) is 0.876. The number of nitrogens with one attached hydrogen (secondary N) is 1. The van der Waals surface area contributed by atoms with Gasteiger partial charge in [0.05, 0.1) is 17.7 Å². The number of thiazole rings is 1. The molecule has 0 radical (unpaired) electrons. The van der Waals surface area contributed by atoms with Crippen molar-refractivity contribution in [2.24, 2.45) is 0 Å². The van der Waals surface area contributed by atoms with E-state index in [1.807, 2.05) is 6.92 Å². The zero-order valence-electron chi connectivity index (χ0n) is 12.0. The number of hydrogen-bond acceptors (Lipinski definition) is 3. The van der Waals surface area contributed by atoms with Crippen LogP contribution in [0.2, 0.25) is 0 Å². The second-order valence-corrected chi connectivity index (χ2v) is 5.69. The molecule has 22 heavy (non-hydrogen) atoms. The van der Waals surface area contributed by atoms with Crippen molar-refractivity contribution in [1.29, 1.82) is 0 Å². The lowest BCUT2D eigenvalue weighted by molar-refractivity contribution is 0.206. The van der Waals surface area contributed by atoms with Crippen LogP contribution in [0.3, 0.4) is 0 Å². The Kier molecular flexibility index (Phi) is 5.02. The number of carbonyl (C=O) groups is 1. The molecule has 118 valence electrons. The van der Waals surface area contributed by atoms with Gasteiger partial charge < -0.3 is 10.2 Å². The highest BCUT2D eigenvalue weighted by Crippen LogP contribution is 2.15. The second kappa shape index (κ2) is 6.78. The van der Waals surface area contributed by atoms with Gasteiger partial charge in [-0.05, 0) is 24.6 Å². The Bertz CT molecular complexity index is 667. The SMILES string of the molecule is Cc1ncsc1CNC(=O)N(C)Cc1cc(F)c(F)c(F)c1. The monoisotopic (exact) mass is 329 g/mol. The van der Waals surface area contributed by atoms with Crippen LogP contribution in [0.1, 0.15) is 16.1 Å². The zero-order chi connectivity index (χ0) is 16.3. The summed E-state index contributed by atoms with van der Waals surface area (Å²) in [6.45, 7) is 2.12. The van der Waals surface area contributed by atoms with Gasteiger partial charge in [0.25, 0.3) is 0 Å². The van der Waals surface area contributed by atoms with Crippen LogP contribution < -0.4 is 5.32 Å². The van der Waals surface area contributed by atoms with Crippen molar-refractivity contribution in [2.75, 3.05) is 7.05 Å². The molecule has 0 fully saturated rings. The van der Waals surface area contributed by atoms with Gasteiger partial charge in [0, 0.05) is 18.5 Å². The number of aryl methyl sites for hydroxylation is 1. The van der Waals surface area contributed by atoms with Crippen LogP contribution in [0.25, 0.3) is 0 Å². The molecule has 1 aromatic heterocycles. The van der Waals surface area contributed by atoms with Crippen LogP contribution >= 0.6 is 11.3 Å². The van der Waals surface area contributed by atoms with Gasteiger partial charge in [-0.2, -0.15) is 0 Å². The fraction of sp³-hybridized carbons (Fsp3) is 0.286. The maximum absolute atomic E-state index is 13.1. The molecule has 0 aliphatic carbocycles. The van der Waals surface area contributed by atoms with Gasteiger partial charge >= 0.3 is 6.03 Å². The summed E-state index contributed by atoms with van der Waals surface area (Å²) in [7, 11) is 1.48. The maximum Gasteiger partial charge on any atom is 0.317 e. The highest BCUT2D eigenvalue weighted by atomic mass is 32.1. The first-order valence-electron chi connectivity index (χ1n) is 6.40. The summed E-state index contributed by atoms with van der Waals surface area (Å²) in [5, 5.41) is 2.68. The van der Waals surface area contributed by atoms with Gasteiger partial charge in [0.15, 0.2) is 17.5 Å². The van der Waals surface area contributed by atoms with Gasteiger partial charge in [-0.25, -0.2) is 22.9 Å². The fourth-order valence-corrected chi connectivity index (χ4v) is 2.55. The lowest BCUT2D eigenvalue weighted by Crippen LogP contribution is -2.36. The first-order valence-corrected chi connectivity index (χ1v) is 7.27. The molecule has 8 heteroatoms. The van der Waals surface area contributed by atoms with Crippen LogP contribution in [0, 0.1) is 24.4 Å². The fourth-order valence-electron chi connectivity index (χ4n) is 1.83. The molecule has 1 aromatic carbocycles. The van der Waals surface area contributed by atoms with E-state index in [0.717, 1.165) is 22.7 Å². The van der Waals surface area contributed by atoms with Crippen LogP contribution in [-0.4, -0.2) is 23.0 Å². The largest absolute Gasteiger partial charge is 0.333 e. The standard InChI is InChI=1S/C14H14F3N3OS/c1-8-12(22-7-19-8)5-18-14(21)20(2)6-9-3-10(15)13(17)11(16)4-9/h3-4,7H,5-6H2,1-2H3,(H,18,21). The molecular weight excluding hydrogens is 315 g/mol. The van der Waals surface area contributed by atoms with E-state index in [4.69, 9.17) is 0 Å². The van der Waals surface area contributed by atoms with Gasteiger partial charge in [-0.1, -0.05) is 0 Å². The maximum atomic E-state index is 13.1. The van der Waals surface area contributed by atoms with Crippen LogP contribution in [0.4, 0.5) is 18.0 Å². The Hall–Kier alpha value is -2.09. The number of benzene rings is 1. The zero-order valence-corrected chi connectivity index (χ0v) is 12.8. The highest BCUT2D eigenvalue weighted by molar-refractivity contribution is 7.09. The number of aromatic nitrogens is 1. The van der Waals surface area contributed by atoms with E-state index in [1.165, 1.54) is 23.3 Å². The summed E-state index contributed by atoms with van der Waals surface area (Å²) in [5.41, 5.74) is 2.70. The molecule has 4 nitrogen and oxygen atoms in total. The van der Waals surface area contributed by atoms with E-state index in [2.05, 4.69) is 10.3 Å². The van der Waals surface area contributed by atoms with Crippen molar-refractivity contribution in [3.63, 3.8) is 0 Å². The predicted octanol–water partition coefficient (Wildman–Crippen LogP) is 3.21. The Morgan fingerprint density at radius 3 is 2.50 bits per heavy atom. The Balaban J connectivity index is 1.95. The van der Waals surface area contributed by atoms with E-state index >= 15 is 0 Å². The van der Waals surface area contributed by atoms with Gasteiger partial charge in [0.1, 0.15) is 0 Å². The molecule has 0 spiro atoms. The Labute approximate surface area is 129 Å². The average molecular weight is 329 g/mol. The summed E-state index contributed by atoms with van der Waals surface area (Å²) >= 11 is 1.43. The third-order valence-electron chi connectivity index (χ3n) is 3.06. The number of rotatable bonds is 4. The molecule has 2 amide bonds. The Morgan fingerprint density at radius 2 is 1.95 bits per heavy atom. The van der Waals surface area contributed by atoms with E-state index in [1.54, 1.807) is 5.51 Å².